The third kappa shape index (κ3) is 5.68. The van der Waals surface area contributed by atoms with Gasteiger partial charge in [-0.2, -0.15) is 0 Å². The lowest BCUT2D eigenvalue weighted by molar-refractivity contribution is -0.152. The van der Waals surface area contributed by atoms with Crippen molar-refractivity contribution < 1.29 is 9.90 Å². The van der Waals surface area contributed by atoms with Gasteiger partial charge in [0.15, 0.2) is 0 Å². The summed E-state index contributed by atoms with van der Waals surface area (Å²) in [6.45, 7) is 5.17. The van der Waals surface area contributed by atoms with Crippen LogP contribution in [0.2, 0.25) is 0 Å². The fourth-order valence-corrected chi connectivity index (χ4v) is 5.72. The summed E-state index contributed by atoms with van der Waals surface area (Å²) in [6, 6.07) is 20.0. The molecule has 174 valence electrons. The van der Waals surface area contributed by atoms with Gasteiger partial charge >= 0.3 is 5.97 Å². The van der Waals surface area contributed by atoms with E-state index in [0.29, 0.717) is 32.2 Å². The van der Waals surface area contributed by atoms with Crippen LogP contribution in [0, 0.1) is 12.3 Å². The number of hydrogen-bond donors (Lipinski definition) is 1. The van der Waals surface area contributed by atoms with Crippen LogP contribution in [0.4, 0.5) is 0 Å². The number of carboxylic acids is 1. The standard InChI is InChI=1S/C27H32N2O3S/c1-21-8-9-22-10-11-25(30)29(24(22)20-21)15-5-12-27(26(31)32)13-16-28(17-14-27)18-19-33-23-6-3-2-4-7-23/h2-4,6-11,20H,5,12-19H2,1H3,(H,31,32). The lowest BCUT2D eigenvalue weighted by atomic mass is 9.75. The van der Waals surface area contributed by atoms with Crippen LogP contribution in [0.5, 0.6) is 0 Å². The topological polar surface area (TPSA) is 62.5 Å². The Bertz CT molecular complexity index is 1150. The average Bonchev–Trinajstić information content (AvgIpc) is 2.82. The van der Waals surface area contributed by atoms with E-state index in [2.05, 4.69) is 29.2 Å². The summed E-state index contributed by atoms with van der Waals surface area (Å²) in [5.41, 5.74) is 1.33. The van der Waals surface area contributed by atoms with Crippen LogP contribution < -0.4 is 5.56 Å². The maximum absolute atomic E-state index is 12.5. The Hall–Kier alpha value is -2.57. The zero-order chi connectivity index (χ0) is 23.3. The Morgan fingerprint density at radius 3 is 2.48 bits per heavy atom. The van der Waals surface area contributed by atoms with Crippen LogP contribution in [0.15, 0.2) is 70.4 Å². The van der Waals surface area contributed by atoms with E-state index in [1.165, 1.54) is 4.90 Å². The molecular formula is C27H32N2O3S. The third-order valence-electron chi connectivity index (χ3n) is 6.87. The Labute approximate surface area is 199 Å². The zero-order valence-electron chi connectivity index (χ0n) is 19.2. The number of rotatable bonds is 9. The first-order chi connectivity index (χ1) is 16.0. The molecule has 0 aliphatic carbocycles. The smallest absolute Gasteiger partial charge is 0.309 e. The number of pyridine rings is 1. The Morgan fingerprint density at radius 1 is 1.03 bits per heavy atom. The van der Waals surface area contributed by atoms with Crippen LogP contribution in [0.1, 0.15) is 31.2 Å². The van der Waals surface area contributed by atoms with Crippen LogP contribution in [-0.2, 0) is 11.3 Å². The highest BCUT2D eigenvalue weighted by Crippen LogP contribution is 2.37. The van der Waals surface area contributed by atoms with E-state index in [1.54, 1.807) is 10.6 Å². The van der Waals surface area contributed by atoms with Crippen molar-refractivity contribution in [1.29, 1.82) is 0 Å². The van der Waals surface area contributed by atoms with Crippen molar-refractivity contribution in [3.8, 4) is 0 Å². The first-order valence-electron chi connectivity index (χ1n) is 11.7. The Kier molecular flexibility index (Phi) is 7.56. The van der Waals surface area contributed by atoms with Crippen molar-refractivity contribution >= 4 is 28.6 Å². The van der Waals surface area contributed by atoms with Crippen LogP contribution in [0.3, 0.4) is 0 Å². The van der Waals surface area contributed by atoms with Crippen LogP contribution >= 0.6 is 11.8 Å². The van der Waals surface area contributed by atoms with Gasteiger partial charge in [0.2, 0.25) is 0 Å². The molecule has 2 heterocycles. The number of carboxylic acid groups (broad SMARTS) is 1. The molecule has 0 spiro atoms. The van der Waals surface area contributed by atoms with Gasteiger partial charge in [0, 0.05) is 29.8 Å². The first kappa shape index (κ1) is 23.6. The average molecular weight is 465 g/mol. The summed E-state index contributed by atoms with van der Waals surface area (Å²) in [4.78, 5) is 28.4. The number of benzene rings is 2. The summed E-state index contributed by atoms with van der Waals surface area (Å²) < 4.78 is 1.80. The van der Waals surface area contributed by atoms with Gasteiger partial charge in [-0.05, 0) is 80.9 Å². The molecule has 1 saturated heterocycles. The molecule has 4 rings (SSSR count). The van der Waals surface area contributed by atoms with Crippen LogP contribution in [0.25, 0.3) is 10.9 Å². The SMILES string of the molecule is Cc1ccc2ccc(=O)n(CCCC3(C(=O)O)CCN(CCSc4ccccc4)CC3)c2c1. The van der Waals surface area contributed by atoms with Crippen molar-refractivity contribution in [1.82, 2.24) is 9.47 Å². The van der Waals surface area contributed by atoms with E-state index in [4.69, 9.17) is 0 Å². The number of nitrogens with zero attached hydrogens (tertiary/aromatic N) is 2. The maximum atomic E-state index is 12.5. The van der Waals surface area contributed by atoms with E-state index >= 15 is 0 Å². The second-order valence-corrected chi connectivity index (χ2v) is 10.2. The number of fused-ring (bicyclic) bond motifs is 1. The highest BCUT2D eigenvalue weighted by molar-refractivity contribution is 7.99. The minimum absolute atomic E-state index is 0.0248. The highest BCUT2D eigenvalue weighted by atomic mass is 32.2. The molecule has 1 aromatic heterocycles. The Balaban J connectivity index is 1.33. The number of likely N-dealkylation sites (tertiary alicyclic amines) is 1. The van der Waals surface area contributed by atoms with Gasteiger partial charge in [-0.3, -0.25) is 9.59 Å². The summed E-state index contributed by atoms with van der Waals surface area (Å²) in [6.07, 6.45) is 2.62. The number of piperidine rings is 1. The number of carbonyl (C=O) groups is 1. The number of aryl methyl sites for hydroxylation is 2. The van der Waals surface area contributed by atoms with E-state index < -0.39 is 11.4 Å². The lowest BCUT2D eigenvalue weighted by Crippen LogP contribution is -2.45. The van der Waals surface area contributed by atoms with Gasteiger partial charge in [-0.25, -0.2) is 0 Å². The quantitative estimate of drug-likeness (QED) is 0.449. The molecule has 1 fully saturated rings. The van der Waals surface area contributed by atoms with Crippen molar-refractivity contribution in [2.75, 3.05) is 25.4 Å². The lowest BCUT2D eigenvalue weighted by Gasteiger charge is -2.39. The predicted molar refractivity (Wildman–Crippen MR) is 135 cm³/mol. The molecule has 0 atom stereocenters. The van der Waals surface area contributed by atoms with E-state index in [9.17, 15) is 14.7 Å². The zero-order valence-corrected chi connectivity index (χ0v) is 20.0. The highest BCUT2D eigenvalue weighted by Gasteiger charge is 2.40. The van der Waals surface area contributed by atoms with Gasteiger partial charge in [0.25, 0.3) is 5.56 Å². The van der Waals surface area contributed by atoms with Gasteiger partial charge in [-0.15, -0.1) is 11.8 Å². The largest absolute Gasteiger partial charge is 0.481 e. The molecule has 33 heavy (non-hydrogen) atoms. The minimum atomic E-state index is -0.693. The van der Waals surface area contributed by atoms with Gasteiger partial charge in [-0.1, -0.05) is 30.3 Å². The van der Waals surface area contributed by atoms with Crippen molar-refractivity contribution in [2.24, 2.45) is 5.41 Å². The third-order valence-corrected chi connectivity index (χ3v) is 7.86. The number of aliphatic carboxylic acids is 1. The van der Waals surface area contributed by atoms with E-state index in [1.807, 2.05) is 49.0 Å². The van der Waals surface area contributed by atoms with E-state index in [0.717, 1.165) is 41.9 Å². The molecule has 1 aliphatic heterocycles. The fourth-order valence-electron chi connectivity index (χ4n) is 4.79. The molecule has 6 heteroatoms. The molecule has 1 aliphatic rings. The van der Waals surface area contributed by atoms with Crippen molar-refractivity contribution in [2.45, 2.75) is 44.0 Å². The molecule has 5 nitrogen and oxygen atoms in total. The first-order valence-corrected chi connectivity index (χ1v) is 12.7. The summed E-state index contributed by atoms with van der Waals surface area (Å²) in [5, 5.41) is 11.1. The summed E-state index contributed by atoms with van der Waals surface area (Å²) in [5.74, 6) is 0.315. The fraction of sp³-hybridized carbons (Fsp3) is 0.407. The van der Waals surface area contributed by atoms with Crippen molar-refractivity contribution in [3.05, 3.63) is 76.6 Å². The van der Waals surface area contributed by atoms with E-state index in [-0.39, 0.29) is 5.56 Å². The minimum Gasteiger partial charge on any atom is -0.481 e. The second-order valence-electron chi connectivity index (χ2n) is 9.08. The van der Waals surface area contributed by atoms with Gasteiger partial charge in [0.1, 0.15) is 0 Å². The molecular weight excluding hydrogens is 432 g/mol. The maximum Gasteiger partial charge on any atom is 0.309 e. The molecule has 0 radical (unpaired) electrons. The normalized spacial score (nSPS) is 16.2. The molecule has 0 amide bonds. The Morgan fingerprint density at radius 2 is 1.76 bits per heavy atom. The van der Waals surface area contributed by atoms with Gasteiger partial charge < -0.3 is 14.6 Å². The number of hydrogen-bond acceptors (Lipinski definition) is 4. The van der Waals surface area contributed by atoms with Crippen molar-refractivity contribution in [3.63, 3.8) is 0 Å². The summed E-state index contributed by atoms with van der Waals surface area (Å²) in [7, 11) is 0. The van der Waals surface area contributed by atoms with Crippen LogP contribution in [-0.4, -0.2) is 45.9 Å². The molecule has 1 N–H and O–H groups in total. The molecule has 0 unspecified atom stereocenters. The molecule has 2 aromatic carbocycles. The second kappa shape index (κ2) is 10.6. The monoisotopic (exact) mass is 464 g/mol. The molecule has 0 saturated carbocycles. The van der Waals surface area contributed by atoms with Gasteiger partial charge in [0.05, 0.1) is 10.9 Å². The number of thioether (sulfide) groups is 1. The number of aromatic nitrogens is 1. The molecule has 0 bridgehead atoms. The molecule has 3 aromatic rings. The predicted octanol–water partition coefficient (Wildman–Crippen LogP) is 5.05. The summed E-state index contributed by atoms with van der Waals surface area (Å²) >= 11 is 1.84.